The summed E-state index contributed by atoms with van der Waals surface area (Å²) in [6.07, 6.45) is 15.0. The first-order valence-electron chi connectivity index (χ1n) is 16.8. The van der Waals surface area contributed by atoms with Gasteiger partial charge in [0.15, 0.2) is 5.79 Å². The van der Waals surface area contributed by atoms with E-state index in [4.69, 9.17) is 33.2 Å². The zero-order valence-corrected chi connectivity index (χ0v) is 28.2. The Labute approximate surface area is 276 Å². The molecule has 2 aliphatic carbocycles. The minimum Gasteiger partial charge on any atom is -0.469 e. The fraction of sp³-hybridized carbons (Fsp3) is 0.667. The van der Waals surface area contributed by atoms with Gasteiger partial charge in [0.2, 0.25) is 5.79 Å². The molecule has 0 aromatic rings. The summed E-state index contributed by atoms with van der Waals surface area (Å²) >= 11 is 0. The molecule has 0 radical (unpaired) electrons. The van der Waals surface area contributed by atoms with Gasteiger partial charge in [-0.2, -0.15) is 0 Å². The highest BCUT2D eigenvalue weighted by molar-refractivity contribution is 6.04. The van der Waals surface area contributed by atoms with E-state index >= 15 is 0 Å². The molecule has 5 bridgehead atoms. The fourth-order valence-electron chi connectivity index (χ4n) is 8.42. The molecule has 11 nitrogen and oxygen atoms in total. The molecule has 11 heteroatoms. The van der Waals surface area contributed by atoms with Crippen LogP contribution in [0.3, 0.4) is 0 Å². The number of esters is 4. The molecule has 0 N–H and O–H groups in total. The zero-order valence-electron chi connectivity index (χ0n) is 28.2. The number of carbonyl (C=O) groups is 4. The van der Waals surface area contributed by atoms with Gasteiger partial charge >= 0.3 is 23.9 Å². The predicted octanol–water partition coefficient (Wildman–Crippen LogP) is 5.04. The average molecular weight is 657 g/mol. The molecular formula is C36H48O11. The standard InChI is InChI=1S/C36H48O11/c1-6-8-10-11-12-13-15-23-19-26-34(22-28(37)41-3)21-25(31(38)42-4)29(32(39)43-5)30-24(23)20-27(46-36(26,30)47-33(34)40)35(16-14-9-7-2)44-17-18-45-35/h6-9,19,23-24,27,30H,10-18,20-22H2,1-5H3/b8-6+,9-7+/t23-,24-,27+,30+,34+,36+/m0/s1. The van der Waals surface area contributed by atoms with Crippen molar-refractivity contribution < 1.29 is 52.3 Å². The first-order valence-corrected chi connectivity index (χ1v) is 16.8. The van der Waals surface area contributed by atoms with Gasteiger partial charge in [-0.25, -0.2) is 9.59 Å². The third-order valence-corrected chi connectivity index (χ3v) is 10.5. The molecule has 3 fully saturated rings. The van der Waals surface area contributed by atoms with E-state index in [0.29, 0.717) is 38.0 Å². The van der Waals surface area contributed by atoms with Crippen LogP contribution in [0.15, 0.2) is 47.1 Å². The molecule has 3 saturated heterocycles. The molecule has 0 amide bonds. The fourth-order valence-corrected chi connectivity index (χ4v) is 8.42. The van der Waals surface area contributed by atoms with E-state index in [1.54, 1.807) is 0 Å². The average Bonchev–Trinajstić information content (AvgIpc) is 3.61. The molecule has 0 aromatic heterocycles. The normalized spacial score (nSPS) is 32.3. The van der Waals surface area contributed by atoms with E-state index in [0.717, 1.165) is 32.1 Å². The third kappa shape index (κ3) is 6.10. The van der Waals surface area contributed by atoms with Crippen LogP contribution < -0.4 is 0 Å². The summed E-state index contributed by atoms with van der Waals surface area (Å²) in [7, 11) is 3.71. The molecule has 5 aliphatic rings. The monoisotopic (exact) mass is 656 g/mol. The van der Waals surface area contributed by atoms with Crippen molar-refractivity contribution in [1.29, 1.82) is 0 Å². The number of ether oxygens (including phenoxy) is 7. The van der Waals surface area contributed by atoms with Gasteiger partial charge in [0.05, 0.1) is 52.5 Å². The quantitative estimate of drug-likeness (QED) is 0.108. The Balaban J connectivity index is 1.71. The maximum atomic E-state index is 14.3. The zero-order chi connectivity index (χ0) is 33.8. The van der Waals surface area contributed by atoms with Gasteiger partial charge in [-0.3, -0.25) is 9.59 Å². The minimum atomic E-state index is -1.80. The lowest BCUT2D eigenvalue weighted by Crippen LogP contribution is -2.63. The molecule has 47 heavy (non-hydrogen) atoms. The van der Waals surface area contributed by atoms with Crippen LogP contribution in [0.1, 0.15) is 78.1 Å². The Morgan fingerprint density at radius 1 is 0.936 bits per heavy atom. The summed E-state index contributed by atoms with van der Waals surface area (Å²) in [6, 6.07) is 0. The Hall–Kier alpha value is -3.28. The van der Waals surface area contributed by atoms with Crippen molar-refractivity contribution in [3.63, 3.8) is 0 Å². The molecule has 3 heterocycles. The highest BCUT2D eigenvalue weighted by Gasteiger charge is 2.75. The number of carbonyl (C=O) groups excluding carboxylic acids is 4. The van der Waals surface area contributed by atoms with Crippen LogP contribution in [-0.4, -0.2) is 76.1 Å². The third-order valence-electron chi connectivity index (χ3n) is 10.5. The van der Waals surface area contributed by atoms with Crippen molar-refractivity contribution in [3.8, 4) is 0 Å². The highest BCUT2D eigenvalue weighted by atomic mass is 16.8. The predicted molar refractivity (Wildman–Crippen MR) is 168 cm³/mol. The van der Waals surface area contributed by atoms with Crippen LogP contribution in [0.5, 0.6) is 0 Å². The maximum Gasteiger partial charge on any atom is 0.334 e. The van der Waals surface area contributed by atoms with E-state index in [9.17, 15) is 19.2 Å². The summed E-state index contributed by atoms with van der Waals surface area (Å²) in [6.45, 7) is 4.71. The summed E-state index contributed by atoms with van der Waals surface area (Å²) in [5.41, 5.74) is -1.20. The molecule has 6 atom stereocenters. The lowest BCUT2D eigenvalue weighted by Gasteiger charge is -2.55. The van der Waals surface area contributed by atoms with Crippen LogP contribution in [0.4, 0.5) is 0 Å². The van der Waals surface area contributed by atoms with Crippen LogP contribution in [0, 0.1) is 23.2 Å². The number of unbranched alkanes of at least 4 members (excludes halogenated alkanes) is 3. The Morgan fingerprint density at radius 2 is 1.64 bits per heavy atom. The van der Waals surface area contributed by atoms with Crippen molar-refractivity contribution >= 4 is 23.9 Å². The lowest BCUT2D eigenvalue weighted by atomic mass is 9.59. The number of rotatable bonds is 14. The van der Waals surface area contributed by atoms with Crippen LogP contribution in [-0.2, 0) is 52.3 Å². The van der Waals surface area contributed by atoms with E-state index in [1.807, 2.05) is 38.2 Å². The number of allylic oxidation sites excluding steroid dienone is 5. The van der Waals surface area contributed by atoms with Gasteiger partial charge in [0.1, 0.15) is 11.5 Å². The molecule has 0 unspecified atom stereocenters. The van der Waals surface area contributed by atoms with Gasteiger partial charge in [0.25, 0.3) is 0 Å². The molecule has 1 spiro atoms. The van der Waals surface area contributed by atoms with Gasteiger partial charge in [0, 0.05) is 24.0 Å². The summed E-state index contributed by atoms with van der Waals surface area (Å²) in [5.74, 6) is -7.18. The van der Waals surface area contributed by atoms with Crippen molar-refractivity contribution in [3.05, 3.63) is 47.1 Å². The van der Waals surface area contributed by atoms with E-state index in [-0.39, 0.29) is 29.4 Å². The van der Waals surface area contributed by atoms with Crippen molar-refractivity contribution in [2.45, 2.75) is 95.7 Å². The number of hydrogen-bond donors (Lipinski definition) is 0. The van der Waals surface area contributed by atoms with E-state index < -0.39 is 59.3 Å². The molecule has 258 valence electrons. The first kappa shape index (κ1) is 35.0. The second-order valence-electron chi connectivity index (χ2n) is 13.0. The largest absolute Gasteiger partial charge is 0.469 e. The van der Waals surface area contributed by atoms with Crippen LogP contribution in [0.25, 0.3) is 0 Å². The van der Waals surface area contributed by atoms with Crippen LogP contribution >= 0.6 is 0 Å². The lowest BCUT2D eigenvalue weighted by molar-refractivity contribution is -0.337. The molecule has 5 rings (SSSR count). The van der Waals surface area contributed by atoms with Crippen molar-refractivity contribution in [1.82, 2.24) is 0 Å². The summed E-state index contributed by atoms with van der Waals surface area (Å²) in [4.78, 5) is 54.7. The Morgan fingerprint density at radius 3 is 2.30 bits per heavy atom. The molecule has 0 saturated carbocycles. The summed E-state index contributed by atoms with van der Waals surface area (Å²) in [5, 5.41) is 0. The van der Waals surface area contributed by atoms with Crippen LogP contribution in [0.2, 0.25) is 0 Å². The number of hydrogen-bond acceptors (Lipinski definition) is 11. The smallest absolute Gasteiger partial charge is 0.334 e. The van der Waals surface area contributed by atoms with E-state index in [1.165, 1.54) is 21.3 Å². The molecule has 0 aromatic carbocycles. The molecule has 3 aliphatic heterocycles. The van der Waals surface area contributed by atoms with Gasteiger partial charge in [-0.05, 0) is 57.8 Å². The van der Waals surface area contributed by atoms with Crippen molar-refractivity contribution in [2.75, 3.05) is 34.5 Å². The number of methoxy groups -OCH3 is 3. The molecular weight excluding hydrogens is 608 g/mol. The van der Waals surface area contributed by atoms with Gasteiger partial charge in [-0.1, -0.05) is 43.2 Å². The topological polar surface area (TPSA) is 133 Å². The minimum absolute atomic E-state index is 0.0205. The Bertz CT molecular complexity index is 1350. The second kappa shape index (κ2) is 14.5. The Kier molecular flexibility index (Phi) is 10.8. The van der Waals surface area contributed by atoms with Gasteiger partial charge < -0.3 is 33.2 Å². The SMILES string of the molecule is C/C=C/CCCCC[C@H]1C=C2[C@]3(CC(=O)OC)CC(C(=O)OC)=C(C(=O)OC)[C@H]4[C@H]1C[C@H](C1(CC/C=C/C)OCCO1)O[C@@]24OC3=O. The van der Waals surface area contributed by atoms with Gasteiger partial charge in [-0.15, -0.1) is 0 Å². The maximum absolute atomic E-state index is 14.3. The highest BCUT2D eigenvalue weighted by Crippen LogP contribution is 2.67. The summed E-state index contributed by atoms with van der Waals surface area (Å²) < 4.78 is 41.5. The first-order chi connectivity index (χ1) is 22.7. The second-order valence-corrected chi connectivity index (χ2v) is 13.0. The van der Waals surface area contributed by atoms with E-state index in [2.05, 4.69) is 6.08 Å². The van der Waals surface area contributed by atoms with Crippen molar-refractivity contribution in [2.24, 2.45) is 23.2 Å².